The van der Waals surface area contributed by atoms with E-state index in [1.54, 1.807) is 14.2 Å². The van der Waals surface area contributed by atoms with E-state index in [-0.39, 0.29) is 12.1 Å². The van der Waals surface area contributed by atoms with Gasteiger partial charge in [-0.05, 0) is 18.9 Å². The molecule has 3 atom stereocenters. The van der Waals surface area contributed by atoms with E-state index < -0.39 is 0 Å². The molecule has 3 heterocycles. The van der Waals surface area contributed by atoms with Gasteiger partial charge >= 0.3 is 0 Å². The highest BCUT2D eigenvalue weighted by atomic mass is 16.5. The molecule has 0 aromatic heterocycles. The van der Waals surface area contributed by atoms with Crippen molar-refractivity contribution in [3.8, 4) is 11.5 Å². The minimum absolute atomic E-state index is 0.163. The average molecular weight is 332 g/mol. The monoisotopic (exact) mass is 332 g/mol. The Morgan fingerprint density at radius 3 is 2.75 bits per heavy atom. The Labute approximate surface area is 144 Å². The molecule has 3 saturated heterocycles. The van der Waals surface area contributed by atoms with Gasteiger partial charge in [-0.25, -0.2) is 0 Å². The highest BCUT2D eigenvalue weighted by Crippen LogP contribution is 2.32. The number of aliphatic hydroxyl groups excluding tert-OH is 1. The molecule has 3 aliphatic rings. The minimum atomic E-state index is -0.269. The van der Waals surface area contributed by atoms with Crippen LogP contribution in [0.5, 0.6) is 11.5 Å². The van der Waals surface area contributed by atoms with E-state index in [0.717, 1.165) is 56.1 Å². The Bertz CT molecular complexity index is 578. The minimum Gasteiger partial charge on any atom is -0.497 e. The van der Waals surface area contributed by atoms with Gasteiger partial charge in [-0.15, -0.1) is 6.58 Å². The van der Waals surface area contributed by atoms with Gasteiger partial charge in [0.1, 0.15) is 11.5 Å². The fourth-order valence-electron chi connectivity index (χ4n) is 3.99. The van der Waals surface area contributed by atoms with Gasteiger partial charge < -0.3 is 14.6 Å². The van der Waals surface area contributed by atoms with Gasteiger partial charge in [0.2, 0.25) is 0 Å². The number of methoxy groups -OCH3 is 2. The van der Waals surface area contributed by atoms with Crippen molar-refractivity contribution in [2.45, 2.75) is 37.6 Å². The normalized spacial score (nSPS) is 27.7. The van der Waals surface area contributed by atoms with Gasteiger partial charge in [0, 0.05) is 49.9 Å². The second-order valence-electron chi connectivity index (χ2n) is 6.72. The molecule has 0 aliphatic carbocycles. The lowest BCUT2D eigenvalue weighted by atomic mass is 10.0. The number of hydrogen-bond donors (Lipinski definition) is 1. The van der Waals surface area contributed by atoms with Gasteiger partial charge in [-0.3, -0.25) is 9.80 Å². The van der Waals surface area contributed by atoms with Crippen LogP contribution in [0.4, 0.5) is 0 Å². The molecule has 5 nitrogen and oxygen atoms in total. The molecule has 0 radical (unpaired) electrons. The number of rotatable bonds is 6. The molecular formula is C19H28N2O3. The molecule has 5 heteroatoms. The lowest BCUT2D eigenvalue weighted by Gasteiger charge is -2.44. The van der Waals surface area contributed by atoms with Crippen LogP contribution in [0.15, 0.2) is 30.9 Å². The second-order valence-corrected chi connectivity index (χ2v) is 6.72. The lowest BCUT2D eigenvalue weighted by Crippen LogP contribution is -2.58. The predicted molar refractivity (Wildman–Crippen MR) is 94.5 cm³/mol. The van der Waals surface area contributed by atoms with Crippen molar-refractivity contribution in [3.05, 3.63) is 36.4 Å². The standard InChI is InChI=1S/C19H28N2O3/c1-4-9-20-13-17-18(22)8-6-15(20)12-21(17)11-14-5-7-16(23-2)10-19(14)24-3/h4-5,7,10,15,17-18,22H,1,6,8-9,11-13H2,2-3H3/t15-,17+,18+/m0/s1. The fourth-order valence-corrected chi connectivity index (χ4v) is 3.99. The Kier molecular flexibility index (Phi) is 5.43. The smallest absolute Gasteiger partial charge is 0.127 e. The highest BCUT2D eigenvalue weighted by molar-refractivity contribution is 5.40. The van der Waals surface area contributed by atoms with E-state index in [4.69, 9.17) is 9.47 Å². The summed E-state index contributed by atoms with van der Waals surface area (Å²) in [5.74, 6) is 1.64. The Balaban J connectivity index is 1.79. The van der Waals surface area contributed by atoms with Crippen molar-refractivity contribution in [2.24, 2.45) is 0 Å². The summed E-state index contributed by atoms with van der Waals surface area (Å²) in [7, 11) is 3.35. The average Bonchev–Trinajstić information content (AvgIpc) is 2.84. The van der Waals surface area contributed by atoms with Crippen LogP contribution in [0.3, 0.4) is 0 Å². The van der Waals surface area contributed by atoms with E-state index in [0.29, 0.717) is 6.04 Å². The molecule has 0 spiro atoms. The van der Waals surface area contributed by atoms with Crippen LogP contribution in [-0.2, 0) is 6.54 Å². The molecule has 1 aromatic rings. The molecule has 2 bridgehead atoms. The molecule has 4 rings (SSSR count). The number of nitrogens with zero attached hydrogens (tertiary/aromatic N) is 2. The van der Waals surface area contributed by atoms with E-state index in [1.807, 2.05) is 18.2 Å². The number of fused-ring (bicyclic) bond motifs is 4. The quantitative estimate of drug-likeness (QED) is 0.806. The van der Waals surface area contributed by atoms with Gasteiger partial charge in [0.15, 0.2) is 0 Å². The first kappa shape index (κ1) is 17.3. The zero-order valence-corrected chi connectivity index (χ0v) is 14.6. The third-order valence-corrected chi connectivity index (χ3v) is 5.32. The zero-order valence-electron chi connectivity index (χ0n) is 14.6. The van der Waals surface area contributed by atoms with Crippen molar-refractivity contribution >= 4 is 0 Å². The molecule has 1 N–H and O–H groups in total. The molecular weight excluding hydrogens is 304 g/mol. The summed E-state index contributed by atoms with van der Waals surface area (Å²) in [4.78, 5) is 4.86. The van der Waals surface area contributed by atoms with Gasteiger partial charge in [0.25, 0.3) is 0 Å². The first-order chi connectivity index (χ1) is 11.7. The largest absolute Gasteiger partial charge is 0.497 e. The molecule has 0 saturated carbocycles. The van der Waals surface area contributed by atoms with Crippen LogP contribution < -0.4 is 9.47 Å². The van der Waals surface area contributed by atoms with Gasteiger partial charge in [-0.1, -0.05) is 12.1 Å². The second kappa shape index (κ2) is 7.55. The summed E-state index contributed by atoms with van der Waals surface area (Å²) in [6.07, 6.45) is 3.61. The van der Waals surface area contributed by atoms with Crippen molar-refractivity contribution < 1.29 is 14.6 Å². The summed E-state index contributed by atoms with van der Waals surface area (Å²) in [5, 5.41) is 10.6. The van der Waals surface area contributed by atoms with Crippen LogP contribution in [0, 0.1) is 0 Å². The number of ether oxygens (including phenoxy) is 2. The van der Waals surface area contributed by atoms with Crippen molar-refractivity contribution in [1.82, 2.24) is 9.80 Å². The third-order valence-electron chi connectivity index (χ3n) is 5.32. The van der Waals surface area contributed by atoms with E-state index in [2.05, 4.69) is 22.4 Å². The maximum atomic E-state index is 10.6. The maximum Gasteiger partial charge on any atom is 0.127 e. The summed E-state index contributed by atoms with van der Waals surface area (Å²) in [5.41, 5.74) is 1.13. The maximum absolute atomic E-state index is 10.6. The number of hydrogen-bond acceptors (Lipinski definition) is 5. The fraction of sp³-hybridized carbons (Fsp3) is 0.579. The summed E-state index contributed by atoms with van der Waals surface area (Å²) in [6.45, 7) is 7.43. The van der Waals surface area contributed by atoms with Gasteiger partial charge in [-0.2, -0.15) is 0 Å². The van der Waals surface area contributed by atoms with E-state index in [9.17, 15) is 5.11 Å². The summed E-state index contributed by atoms with van der Waals surface area (Å²) in [6, 6.07) is 6.60. The molecule has 3 fully saturated rings. The molecule has 132 valence electrons. The molecule has 24 heavy (non-hydrogen) atoms. The highest BCUT2D eigenvalue weighted by Gasteiger charge is 2.40. The van der Waals surface area contributed by atoms with Crippen LogP contribution >= 0.6 is 0 Å². The molecule has 1 aromatic carbocycles. The molecule has 3 aliphatic heterocycles. The number of piperazine rings is 1. The molecule has 0 amide bonds. The third kappa shape index (κ3) is 3.43. The van der Waals surface area contributed by atoms with E-state index >= 15 is 0 Å². The molecule has 0 unspecified atom stereocenters. The van der Waals surface area contributed by atoms with Crippen molar-refractivity contribution in [3.63, 3.8) is 0 Å². The van der Waals surface area contributed by atoms with E-state index in [1.165, 1.54) is 0 Å². The first-order valence-electron chi connectivity index (χ1n) is 8.64. The van der Waals surface area contributed by atoms with Crippen LogP contribution in [0.1, 0.15) is 18.4 Å². The SMILES string of the molecule is C=CCN1C[C@@H]2[C@H](O)CC[C@H]1CN2Cc1ccc(OC)cc1OC. The number of benzene rings is 1. The Morgan fingerprint density at radius 1 is 1.21 bits per heavy atom. The topological polar surface area (TPSA) is 45.2 Å². The van der Waals surface area contributed by atoms with Crippen LogP contribution in [0.2, 0.25) is 0 Å². The van der Waals surface area contributed by atoms with Crippen molar-refractivity contribution in [2.75, 3.05) is 33.9 Å². The summed E-state index contributed by atoms with van der Waals surface area (Å²) < 4.78 is 10.8. The van der Waals surface area contributed by atoms with Crippen molar-refractivity contribution in [1.29, 1.82) is 0 Å². The first-order valence-corrected chi connectivity index (χ1v) is 8.64. The number of aliphatic hydroxyl groups is 1. The lowest BCUT2D eigenvalue weighted by molar-refractivity contribution is -0.00453. The van der Waals surface area contributed by atoms with Crippen LogP contribution in [-0.4, -0.2) is 66.9 Å². The zero-order chi connectivity index (χ0) is 17.1. The van der Waals surface area contributed by atoms with Gasteiger partial charge in [0.05, 0.1) is 20.3 Å². The Morgan fingerprint density at radius 2 is 2.04 bits per heavy atom. The Hall–Kier alpha value is -1.56. The summed E-state index contributed by atoms with van der Waals surface area (Å²) >= 11 is 0. The predicted octanol–water partition coefficient (Wildman–Crippen LogP) is 1.90. The van der Waals surface area contributed by atoms with Crippen LogP contribution in [0.25, 0.3) is 0 Å².